The van der Waals surface area contributed by atoms with Crippen molar-refractivity contribution in [1.29, 1.82) is 0 Å². The highest BCUT2D eigenvalue weighted by atomic mass is 16.5. The summed E-state index contributed by atoms with van der Waals surface area (Å²) in [5.74, 6) is 3.68. The molecule has 0 aromatic carbocycles. The van der Waals surface area contributed by atoms with E-state index in [9.17, 15) is 0 Å². The summed E-state index contributed by atoms with van der Waals surface area (Å²) in [6.07, 6.45) is 6.92. The Balaban J connectivity index is 1.93. The first-order valence-electron chi connectivity index (χ1n) is 4.71. The van der Waals surface area contributed by atoms with Crippen molar-refractivity contribution in [3.8, 4) is 12.0 Å². The lowest BCUT2D eigenvalue weighted by Gasteiger charge is -2.43. The van der Waals surface area contributed by atoms with Crippen LogP contribution in [0.15, 0.2) is 0 Å². The largest absolute Gasteiger partial charge is 0.427 e. The van der Waals surface area contributed by atoms with Crippen molar-refractivity contribution in [3.05, 3.63) is 0 Å². The molecule has 3 heterocycles. The Labute approximate surface area is 73.9 Å². The Morgan fingerprint density at radius 3 is 2.58 bits per heavy atom. The molecule has 0 aromatic heterocycles. The van der Waals surface area contributed by atoms with E-state index < -0.39 is 0 Å². The van der Waals surface area contributed by atoms with E-state index in [1.807, 2.05) is 6.92 Å². The molecular formula is C10H15NO. The van der Waals surface area contributed by atoms with Gasteiger partial charge in [0.1, 0.15) is 6.11 Å². The standard InChI is InChI=1S/C10H15NO/c1-2-7-12-10-8-9-3-5-11(10)6-4-9/h9-10H,3-6,8H2,1H3. The van der Waals surface area contributed by atoms with E-state index >= 15 is 0 Å². The fourth-order valence-electron chi connectivity index (χ4n) is 2.16. The molecule has 0 amide bonds. The highest BCUT2D eigenvalue weighted by Crippen LogP contribution is 2.31. The molecule has 0 saturated carbocycles. The van der Waals surface area contributed by atoms with Gasteiger partial charge in [0.15, 0.2) is 6.23 Å². The maximum absolute atomic E-state index is 5.43. The molecule has 2 bridgehead atoms. The van der Waals surface area contributed by atoms with Crippen molar-refractivity contribution >= 4 is 0 Å². The third kappa shape index (κ3) is 1.42. The van der Waals surface area contributed by atoms with Crippen molar-refractivity contribution in [1.82, 2.24) is 4.90 Å². The fourth-order valence-corrected chi connectivity index (χ4v) is 2.16. The molecule has 3 fully saturated rings. The summed E-state index contributed by atoms with van der Waals surface area (Å²) < 4.78 is 5.43. The zero-order valence-corrected chi connectivity index (χ0v) is 7.55. The van der Waals surface area contributed by atoms with Crippen LogP contribution in [0.5, 0.6) is 0 Å². The number of hydrogen-bond donors (Lipinski definition) is 0. The van der Waals surface area contributed by atoms with Crippen LogP contribution in [0.4, 0.5) is 0 Å². The predicted octanol–water partition coefficient (Wildman–Crippen LogP) is 1.43. The fraction of sp³-hybridized carbons (Fsp3) is 0.800. The van der Waals surface area contributed by atoms with Crippen molar-refractivity contribution in [2.24, 2.45) is 5.92 Å². The van der Waals surface area contributed by atoms with Gasteiger partial charge in [-0.25, -0.2) is 0 Å². The second kappa shape index (κ2) is 3.37. The Kier molecular flexibility index (Phi) is 2.23. The van der Waals surface area contributed by atoms with Gasteiger partial charge < -0.3 is 4.74 Å². The Hall–Kier alpha value is -0.680. The van der Waals surface area contributed by atoms with Crippen LogP contribution in [-0.4, -0.2) is 24.2 Å². The molecule has 2 nitrogen and oxygen atoms in total. The van der Waals surface area contributed by atoms with E-state index in [0.29, 0.717) is 6.23 Å². The molecule has 0 radical (unpaired) electrons. The molecular weight excluding hydrogens is 150 g/mol. The lowest BCUT2D eigenvalue weighted by molar-refractivity contribution is -0.0761. The van der Waals surface area contributed by atoms with Crippen LogP contribution in [0.25, 0.3) is 0 Å². The Morgan fingerprint density at radius 2 is 2.08 bits per heavy atom. The minimum atomic E-state index is 0.296. The third-order valence-corrected chi connectivity index (χ3v) is 2.89. The number of nitrogens with zero attached hydrogens (tertiary/aromatic N) is 1. The highest BCUT2D eigenvalue weighted by molar-refractivity contribution is 4.90. The van der Waals surface area contributed by atoms with Gasteiger partial charge in [0.25, 0.3) is 0 Å². The molecule has 0 N–H and O–H groups in total. The number of ether oxygens (including phenoxy) is 1. The SMILES string of the molecule is CC#COC1CC2CCN1CC2. The van der Waals surface area contributed by atoms with Gasteiger partial charge >= 0.3 is 0 Å². The molecule has 0 aliphatic carbocycles. The molecule has 1 unspecified atom stereocenters. The number of fused-ring (bicyclic) bond motifs is 3. The van der Waals surface area contributed by atoms with Crippen molar-refractivity contribution in [2.45, 2.75) is 32.4 Å². The topological polar surface area (TPSA) is 12.5 Å². The van der Waals surface area contributed by atoms with E-state index in [-0.39, 0.29) is 0 Å². The van der Waals surface area contributed by atoms with Gasteiger partial charge in [-0.15, -0.1) is 0 Å². The number of hydrogen-bond acceptors (Lipinski definition) is 2. The molecule has 0 spiro atoms. The molecule has 3 aliphatic rings. The monoisotopic (exact) mass is 165 g/mol. The van der Waals surface area contributed by atoms with E-state index in [4.69, 9.17) is 4.74 Å². The summed E-state index contributed by atoms with van der Waals surface area (Å²) in [4.78, 5) is 2.41. The zero-order valence-electron chi connectivity index (χ0n) is 7.55. The van der Waals surface area contributed by atoms with Crippen LogP contribution in [-0.2, 0) is 4.74 Å². The van der Waals surface area contributed by atoms with Gasteiger partial charge in [0.2, 0.25) is 0 Å². The normalized spacial score (nSPS) is 38.6. The van der Waals surface area contributed by atoms with E-state index in [1.54, 1.807) is 0 Å². The van der Waals surface area contributed by atoms with E-state index in [1.165, 1.54) is 32.4 Å². The van der Waals surface area contributed by atoms with Gasteiger partial charge in [0, 0.05) is 26.4 Å². The molecule has 66 valence electrons. The molecule has 3 saturated heterocycles. The van der Waals surface area contributed by atoms with Crippen LogP contribution in [0.1, 0.15) is 26.2 Å². The van der Waals surface area contributed by atoms with Crippen molar-refractivity contribution in [3.63, 3.8) is 0 Å². The van der Waals surface area contributed by atoms with Gasteiger partial charge in [0.05, 0.1) is 0 Å². The summed E-state index contributed by atoms with van der Waals surface area (Å²) in [7, 11) is 0. The molecule has 0 aromatic rings. The summed E-state index contributed by atoms with van der Waals surface area (Å²) in [5, 5.41) is 0. The summed E-state index contributed by atoms with van der Waals surface area (Å²) in [6, 6.07) is 0. The van der Waals surface area contributed by atoms with Gasteiger partial charge in [-0.05, 0) is 18.8 Å². The summed E-state index contributed by atoms with van der Waals surface area (Å²) in [5.41, 5.74) is 0. The van der Waals surface area contributed by atoms with Crippen LogP contribution < -0.4 is 0 Å². The minimum absolute atomic E-state index is 0.296. The van der Waals surface area contributed by atoms with Crippen LogP contribution >= 0.6 is 0 Å². The molecule has 3 rings (SSSR count). The zero-order chi connectivity index (χ0) is 8.39. The first-order valence-corrected chi connectivity index (χ1v) is 4.71. The molecule has 2 heteroatoms. The maximum Gasteiger partial charge on any atom is 0.164 e. The second-order valence-corrected chi connectivity index (χ2v) is 3.64. The first kappa shape index (κ1) is 7.94. The molecule has 12 heavy (non-hydrogen) atoms. The molecule has 3 aliphatic heterocycles. The predicted molar refractivity (Wildman–Crippen MR) is 47.2 cm³/mol. The average Bonchev–Trinajstić information content (AvgIpc) is 2.17. The minimum Gasteiger partial charge on any atom is -0.427 e. The van der Waals surface area contributed by atoms with Gasteiger partial charge in [-0.3, -0.25) is 4.90 Å². The Morgan fingerprint density at radius 1 is 1.33 bits per heavy atom. The number of rotatable bonds is 1. The number of piperidine rings is 3. The second-order valence-electron chi connectivity index (χ2n) is 3.64. The van der Waals surface area contributed by atoms with Crippen LogP contribution in [0, 0.1) is 17.9 Å². The van der Waals surface area contributed by atoms with E-state index in [0.717, 1.165) is 5.92 Å². The van der Waals surface area contributed by atoms with Gasteiger partial charge in [-0.2, -0.15) is 0 Å². The molecule has 1 atom stereocenters. The smallest absolute Gasteiger partial charge is 0.164 e. The van der Waals surface area contributed by atoms with E-state index in [2.05, 4.69) is 16.9 Å². The van der Waals surface area contributed by atoms with Crippen LogP contribution in [0.2, 0.25) is 0 Å². The van der Waals surface area contributed by atoms with Gasteiger partial charge in [-0.1, -0.05) is 5.92 Å². The summed E-state index contributed by atoms with van der Waals surface area (Å²) >= 11 is 0. The van der Waals surface area contributed by atoms with Crippen molar-refractivity contribution in [2.75, 3.05) is 13.1 Å². The summed E-state index contributed by atoms with van der Waals surface area (Å²) in [6.45, 7) is 4.23. The first-order chi connectivity index (χ1) is 5.90. The lowest BCUT2D eigenvalue weighted by Crippen LogP contribution is -2.49. The highest BCUT2D eigenvalue weighted by Gasteiger charge is 2.34. The third-order valence-electron chi connectivity index (χ3n) is 2.89. The maximum atomic E-state index is 5.43. The van der Waals surface area contributed by atoms with Crippen molar-refractivity contribution < 1.29 is 4.74 Å². The average molecular weight is 165 g/mol. The van der Waals surface area contributed by atoms with Crippen LogP contribution in [0.3, 0.4) is 0 Å². The lowest BCUT2D eigenvalue weighted by atomic mass is 9.87. The Bertz CT molecular complexity index is 208. The quantitative estimate of drug-likeness (QED) is 0.545.